The minimum atomic E-state index is -1.09. The van der Waals surface area contributed by atoms with Gasteiger partial charge in [-0.1, -0.05) is 80.7 Å². The fourth-order valence-electron chi connectivity index (χ4n) is 7.09. The van der Waals surface area contributed by atoms with Crippen LogP contribution < -0.4 is 16.0 Å². The van der Waals surface area contributed by atoms with E-state index in [0.717, 1.165) is 18.4 Å². The Morgan fingerprint density at radius 3 is 2.46 bits per heavy atom. The van der Waals surface area contributed by atoms with Gasteiger partial charge in [0.25, 0.3) is 5.91 Å². The van der Waals surface area contributed by atoms with Crippen LogP contribution in [0.15, 0.2) is 53.7 Å². The Kier molecular flexibility index (Phi) is 9.78. The van der Waals surface area contributed by atoms with Crippen LogP contribution in [0.2, 0.25) is 5.02 Å². The maximum atomic E-state index is 14.6. The topological polar surface area (TPSA) is 146 Å². The average molecular weight is 708 g/mol. The second-order valence-electron chi connectivity index (χ2n) is 15.1. The van der Waals surface area contributed by atoms with Crippen molar-refractivity contribution in [2.24, 2.45) is 22.4 Å². The van der Waals surface area contributed by atoms with E-state index in [4.69, 9.17) is 16.4 Å². The van der Waals surface area contributed by atoms with Crippen molar-refractivity contribution in [2.75, 3.05) is 13.6 Å². The third-order valence-corrected chi connectivity index (χ3v) is 10.4. The van der Waals surface area contributed by atoms with Gasteiger partial charge in [0.1, 0.15) is 17.9 Å². The van der Waals surface area contributed by atoms with E-state index in [-0.39, 0.29) is 42.9 Å². The Balaban J connectivity index is 1.25. The Morgan fingerprint density at radius 2 is 1.80 bits per heavy atom. The normalized spacial score (nSPS) is 25.3. The first kappa shape index (κ1) is 35.5. The van der Waals surface area contributed by atoms with E-state index in [2.05, 4.69) is 21.1 Å². The van der Waals surface area contributed by atoms with E-state index >= 15 is 0 Å². The highest BCUT2D eigenvalue weighted by Gasteiger charge is 2.56. The van der Waals surface area contributed by atoms with Crippen molar-refractivity contribution in [3.63, 3.8) is 0 Å². The zero-order valence-electron chi connectivity index (χ0n) is 28.6. The second kappa shape index (κ2) is 13.8. The van der Waals surface area contributed by atoms with Gasteiger partial charge in [0, 0.05) is 36.4 Å². The van der Waals surface area contributed by atoms with Gasteiger partial charge in [0.05, 0.1) is 18.3 Å². The number of oxime groups is 1. The van der Waals surface area contributed by atoms with Crippen molar-refractivity contribution in [3.8, 4) is 0 Å². The molecule has 2 aliphatic carbocycles. The summed E-state index contributed by atoms with van der Waals surface area (Å²) in [6, 6.07) is 10.3. The standard InChI is InChI=1S/C37H43ClFN5O6/c1-36(2,3)31(42-32(46)25-16-24(25)23-10-5-6-11-26(23)39)35(49)44-19-37(17-28(43-50-37)21-8-7-9-22(38)15-21)18-29(44)33(47)41-27(14-20-12-13-20)30(45)34(48)40-4/h5-11,15,20,24-25,27,29,31H,12-14,16-19H2,1-4H3,(H,40,48)(H,41,47)(H,42,46)/t24-,25+,27+,29+,31-,37-/m1/s1. The number of likely N-dealkylation sites (N-methyl/N-ethyl adjacent to an activating group) is 1. The molecule has 0 radical (unpaired) electrons. The Hall–Kier alpha value is -4.32. The van der Waals surface area contributed by atoms with E-state index in [1.54, 1.807) is 36.4 Å². The molecule has 11 nitrogen and oxygen atoms in total. The summed E-state index contributed by atoms with van der Waals surface area (Å²) < 4.78 is 14.5. The number of nitrogens with one attached hydrogen (secondary N) is 3. The largest absolute Gasteiger partial charge is 0.387 e. The van der Waals surface area contributed by atoms with Crippen molar-refractivity contribution < 1.29 is 33.2 Å². The van der Waals surface area contributed by atoms with Crippen LogP contribution in [0.3, 0.4) is 0 Å². The average Bonchev–Trinajstić information content (AvgIpc) is 4.00. The minimum Gasteiger partial charge on any atom is -0.387 e. The van der Waals surface area contributed by atoms with Crippen LogP contribution in [0, 0.1) is 23.1 Å². The highest BCUT2D eigenvalue weighted by atomic mass is 35.5. The third-order valence-electron chi connectivity index (χ3n) is 10.2. The Bertz CT molecular complexity index is 1740. The van der Waals surface area contributed by atoms with Crippen LogP contribution in [0.1, 0.15) is 76.3 Å². The number of Topliss-reactive ketones (excluding diaryl/α,β-unsaturated/α-hetero) is 1. The number of nitrogens with zero attached hydrogens (tertiary/aromatic N) is 2. The molecule has 2 aromatic rings. The minimum absolute atomic E-state index is 0.0160. The third kappa shape index (κ3) is 7.55. The summed E-state index contributed by atoms with van der Waals surface area (Å²) in [5, 5.41) is 12.9. The Labute approximate surface area is 295 Å². The molecule has 2 saturated carbocycles. The number of likely N-dealkylation sites (tertiary alicyclic amines) is 1. The van der Waals surface area contributed by atoms with Crippen LogP contribution in [0.4, 0.5) is 4.39 Å². The number of benzene rings is 2. The smallest absolute Gasteiger partial charge is 0.289 e. The van der Waals surface area contributed by atoms with Gasteiger partial charge in [-0.25, -0.2) is 4.39 Å². The van der Waals surface area contributed by atoms with Crippen LogP contribution >= 0.6 is 11.6 Å². The molecule has 0 aromatic heterocycles. The quantitative estimate of drug-likeness (QED) is 0.303. The van der Waals surface area contributed by atoms with Gasteiger partial charge in [0.2, 0.25) is 23.5 Å². The van der Waals surface area contributed by atoms with Crippen molar-refractivity contribution >= 4 is 46.7 Å². The van der Waals surface area contributed by atoms with Crippen molar-refractivity contribution in [2.45, 2.75) is 88.9 Å². The number of hydrogen-bond acceptors (Lipinski definition) is 7. The molecule has 4 amide bonds. The van der Waals surface area contributed by atoms with Gasteiger partial charge in [-0.15, -0.1) is 0 Å². The van der Waals surface area contributed by atoms with Crippen LogP contribution in [0.25, 0.3) is 0 Å². The monoisotopic (exact) mass is 707 g/mol. The van der Waals surface area contributed by atoms with E-state index in [1.807, 2.05) is 26.8 Å². The van der Waals surface area contributed by atoms with Gasteiger partial charge < -0.3 is 25.7 Å². The highest BCUT2D eigenvalue weighted by molar-refractivity contribution is 6.38. The molecule has 6 atom stereocenters. The molecule has 1 spiro atoms. The number of carbonyl (C=O) groups is 5. The van der Waals surface area contributed by atoms with Gasteiger partial charge in [-0.3, -0.25) is 24.0 Å². The number of hydrogen-bond donors (Lipinski definition) is 3. The molecule has 2 aromatic carbocycles. The summed E-state index contributed by atoms with van der Waals surface area (Å²) in [6.07, 6.45) is 2.90. The lowest BCUT2D eigenvalue weighted by molar-refractivity contribution is -0.145. The van der Waals surface area contributed by atoms with E-state index in [0.29, 0.717) is 29.1 Å². The summed E-state index contributed by atoms with van der Waals surface area (Å²) in [5.74, 6) is -3.99. The number of halogens is 2. The molecule has 4 aliphatic rings. The summed E-state index contributed by atoms with van der Waals surface area (Å²) in [4.78, 5) is 75.2. The van der Waals surface area contributed by atoms with Crippen molar-refractivity contribution in [1.29, 1.82) is 0 Å². The molecule has 266 valence electrons. The fourth-order valence-corrected chi connectivity index (χ4v) is 7.28. The molecular formula is C37H43ClFN5O6. The van der Waals surface area contributed by atoms with Crippen molar-refractivity contribution in [3.05, 3.63) is 70.5 Å². The predicted molar refractivity (Wildman–Crippen MR) is 184 cm³/mol. The number of ketones is 1. The van der Waals surface area contributed by atoms with Crippen LogP contribution in [-0.4, -0.2) is 77.3 Å². The Morgan fingerprint density at radius 1 is 1.06 bits per heavy atom. The molecule has 13 heteroatoms. The number of carbonyl (C=O) groups excluding carboxylic acids is 5. The molecule has 6 rings (SSSR count). The summed E-state index contributed by atoms with van der Waals surface area (Å²) >= 11 is 6.24. The number of amides is 4. The molecule has 3 N–H and O–H groups in total. The molecule has 0 bridgehead atoms. The predicted octanol–water partition coefficient (Wildman–Crippen LogP) is 3.88. The highest BCUT2D eigenvalue weighted by Crippen LogP contribution is 2.49. The van der Waals surface area contributed by atoms with E-state index < -0.39 is 58.6 Å². The van der Waals surface area contributed by atoms with Gasteiger partial charge in [-0.2, -0.15) is 0 Å². The zero-order chi connectivity index (χ0) is 36.0. The molecule has 2 heterocycles. The lowest BCUT2D eigenvalue weighted by Gasteiger charge is -2.35. The van der Waals surface area contributed by atoms with Gasteiger partial charge in [0.15, 0.2) is 5.60 Å². The molecule has 50 heavy (non-hydrogen) atoms. The van der Waals surface area contributed by atoms with Crippen molar-refractivity contribution in [1.82, 2.24) is 20.9 Å². The SMILES string of the molecule is CNC(=O)C(=O)[C@H](CC1CC1)NC(=O)[C@@H]1C[C@]2(CC(c3cccc(Cl)c3)=NO2)CN1C(=O)[C@@H](NC(=O)[C@H]1C[C@@H]1c1ccccc1F)C(C)(C)C. The first-order chi connectivity index (χ1) is 23.7. The second-order valence-corrected chi connectivity index (χ2v) is 15.6. The lowest BCUT2D eigenvalue weighted by Crippen LogP contribution is -2.59. The summed E-state index contributed by atoms with van der Waals surface area (Å²) in [7, 11) is 1.35. The fraction of sp³-hybridized carbons (Fsp3) is 0.514. The van der Waals surface area contributed by atoms with Crippen LogP contribution in [0.5, 0.6) is 0 Å². The molecule has 0 unspecified atom stereocenters. The molecule has 1 saturated heterocycles. The van der Waals surface area contributed by atoms with E-state index in [1.165, 1.54) is 18.0 Å². The zero-order valence-corrected chi connectivity index (χ0v) is 29.4. The molecule has 2 aliphatic heterocycles. The van der Waals surface area contributed by atoms with E-state index in [9.17, 15) is 28.4 Å². The summed E-state index contributed by atoms with van der Waals surface area (Å²) in [6.45, 7) is 5.44. The van der Waals surface area contributed by atoms with Gasteiger partial charge >= 0.3 is 0 Å². The molecular weight excluding hydrogens is 665 g/mol. The van der Waals surface area contributed by atoms with Gasteiger partial charge in [-0.05, 0) is 53.9 Å². The lowest BCUT2D eigenvalue weighted by atomic mass is 9.85. The molecule has 3 fully saturated rings. The maximum absolute atomic E-state index is 14.6. The summed E-state index contributed by atoms with van der Waals surface area (Å²) in [5.41, 5.74) is -0.0320. The number of rotatable bonds is 11. The first-order valence-corrected chi connectivity index (χ1v) is 17.5. The first-order valence-electron chi connectivity index (χ1n) is 17.1. The van der Waals surface area contributed by atoms with Crippen LogP contribution in [-0.2, 0) is 28.8 Å². The maximum Gasteiger partial charge on any atom is 0.289 e.